The Morgan fingerprint density at radius 3 is 2.27 bits per heavy atom. The quantitative estimate of drug-likeness (QED) is 0.602. The van der Waals surface area contributed by atoms with Gasteiger partial charge in [-0.1, -0.05) is 18.2 Å². The lowest BCUT2D eigenvalue weighted by molar-refractivity contribution is 0.183. The molecule has 0 fully saturated rings. The first-order chi connectivity index (χ1) is 7.27. The van der Waals surface area contributed by atoms with Gasteiger partial charge in [-0.15, -0.1) is 0 Å². The number of hydrogen-bond acceptors (Lipinski definition) is 4. The minimum Gasteiger partial charge on any atom is -0.395 e. The highest BCUT2D eigenvalue weighted by Crippen LogP contribution is 2.13. The number of hydrazine groups is 1. The Morgan fingerprint density at radius 1 is 1.13 bits per heavy atom. The number of rotatable bonds is 6. The van der Waals surface area contributed by atoms with Gasteiger partial charge in [0.05, 0.1) is 18.9 Å². The number of benzene rings is 1. The first-order valence-corrected chi connectivity index (χ1v) is 5.07. The average Bonchev–Trinajstić information content (AvgIpc) is 2.22. The van der Waals surface area contributed by atoms with Gasteiger partial charge in [-0.05, 0) is 18.6 Å². The van der Waals surface area contributed by atoms with Crippen LogP contribution in [0, 0.1) is 6.92 Å². The fourth-order valence-electron chi connectivity index (χ4n) is 1.33. The third-order valence-electron chi connectivity index (χ3n) is 2.16. The maximum absolute atomic E-state index is 8.85. The van der Waals surface area contributed by atoms with Crippen LogP contribution < -0.4 is 5.43 Å². The smallest absolute Gasteiger partial charge is 0.0576 e. The molecular weight excluding hydrogens is 192 g/mol. The van der Waals surface area contributed by atoms with Crippen LogP contribution in [0.15, 0.2) is 24.3 Å². The van der Waals surface area contributed by atoms with Gasteiger partial charge in [0.1, 0.15) is 0 Å². The summed E-state index contributed by atoms with van der Waals surface area (Å²) in [5.74, 6) is 0. The highest BCUT2D eigenvalue weighted by atomic mass is 16.3. The van der Waals surface area contributed by atoms with Crippen molar-refractivity contribution in [3.8, 4) is 0 Å². The van der Waals surface area contributed by atoms with E-state index in [-0.39, 0.29) is 13.2 Å². The van der Waals surface area contributed by atoms with Gasteiger partial charge in [-0.25, -0.2) is 5.01 Å². The normalized spacial score (nSPS) is 10.7. The van der Waals surface area contributed by atoms with Crippen molar-refractivity contribution in [3.63, 3.8) is 0 Å². The predicted octanol–water partition coefficient (Wildman–Crippen LogP) is 0.609. The lowest BCUT2D eigenvalue weighted by atomic mass is 10.2. The number of aliphatic hydroxyl groups excluding tert-OH is 2. The van der Waals surface area contributed by atoms with E-state index in [1.807, 2.05) is 31.2 Å². The third-order valence-corrected chi connectivity index (χ3v) is 2.16. The van der Waals surface area contributed by atoms with Crippen LogP contribution in [0.25, 0.3) is 0 Å². The molecule has 0 bridgehead atoms. The van der Waals surface area contributed by atoms with Crippen LogP contribution in [0.4, 0.5) is 5.69 Å². The molecule has 3 N–H and O–H groups in total. The molecule has 4 heteroatoms. The average molecular weight is 210 g/mol. The third kappa shape index (κ3) is 3.87. The molecule has 0 aliphatic heterocycles. The molecule has 0 unspecified atom stereocenters. The van der Waals surface area contributed by atoms with Gasteiger partial charge in [0.15, 0.2) is 0 Å². The molecule has 0 aliphatic rings. The van der Waals surface area contributed by atoms with Crippen LogP contribution in [0.5, 0.6) is 0 Å². The van der Waals surface area contributed by atoms with Crippen LogP contribution in [-0.2, 0) is 0 Å². The Hall–Kier alpha value is -1.10. The van der Waals surface area contributed by atoms with E-state index < -0.39 is 0 Å². The van der Waals surface area contributed by atoms with Crippen molar-refractivity contribution < 1.29 is 10.2 Å². The van der Waals surface area contributed by atoms with E-state index in [1.165, 1.54) is 0 Å². The van der Waals surface area contributed by atoms with Crippen LogP contribution in [-0.4, -0.2) is 41.5 Å². The molecule has 1 rings (SSSR count). The highest BCUT2D eigenvalue weighted by Gasteiger charge is 2.04. The molecule has 0 atom stereocenters. The van der Waals surface area contributed by atoms with Crippen molar-refractivity contribution in [1.29, 1.82) is 0 Å². The molecule has 0 amide bonds. The molecule has 0 radical (unpaired) electrons. The topological polar surface area (TPSA) is 55.7 Å². The largest absolute Gasteiger partial charge is 0.395 e. The summed E-state index contributed by atoms with van der Waals surface area (Å²) in [6, 6.07) is 7.91. The van der Waals surface area contributed by atoms with E-state index in [4.69, 9.17) is 10.2 Å². The van der Waals surface area contributed by atoms with E-state index >= 15 is 0 Å². The molecule has 15 heavy (non-hydrogen) atoms. The molecule has 1 aromatic carbocycles. The van der Waals surface area contributed by atoms with Crippen LogP contribution in [0.1, 0.15) is 5.56 Å². The Morgan fingerprint density at radius 2 is 1.73 bits per heavy atom. The standard InChI is InChI=1S/C11H18N2O2/c1-10-4-2-3-5-11(10)12-13(6-8-14)7-9-15/h2-5,12,14-15H,6-9H2,1H3. The van der Waals surface area contributed by atoms with E-state index in [2.05, 4.69) is 5.43 Å². The predicted molar refractivity (Wildman–Crippen MR) is 60.5 cm³/mol. The molecule has 0 saturated heterocycles. The van der Waals surface area contributed by atoms with Crippen molar-refractivity contribution in [3.05, 3.63) is 29.8 Å². The minimum atomic E-state index is 0.0683. The maximum Gasteiger partial charge on any atom is 0.0576 e. The first-order valence-electron chi connectivity index (χ1n) is 5.07. The SMILES string of the molecule is Cc1ccccc1NN(CCO)CCO. The summed E-state index contributed by atoms with van der Waals surface area (Å²) >= 11 is 0. The van der Waals surface area contributed by atoms with Crippen molar-refractivity contribution in [2.45, 2.75) is 6.92 Å². The van der Waals surface area contributed by atoms with E-state index in [0.717, 1.165) is 11.3 Å². The molecule has 4 nitrogen and oxygen atoms in total. The van der Waals surface area contributed by atoms with Crippen molar-refractivity contribution >= 4 is 5.69 Å². The van der Waals surface area contributed by atoms with E-state index in [9.17, 15) is 0 Å². The second kappa shape index (κ2) is 6.40. The number of aliphatic hydroxyl groups is 2. The highest BCUT2D eigenvalue weighted by molar-refractivity contribution is 5.49. The second-order valence-electron chi connectivity index (χ2n) is 3.36. The Kier molecular flexibility index (Phi) is 5.10. The molecule has 0 saturated carbocycles. The van der Waals surface area contributed by atoms with Crippen LogP contribution >= 0.6 is 0 Å². The van der Waals surface area contributed by atoms with Gasteiger partial charge < -0.3 is 15.6 Å². The number of nitrogens with one attached hydrogen (secondary N) is 1. The van der Waals surface area contributed by atoms with E-state index in [1.54, 1.807) is 5.01 Å². The van der Waals surface area contributed by atoms with Gasteiger partial charge in [-0.3, -0.25) is 0 Å². The van der Waals surface area contributed by atoms with Gasteiger partial charge in [-0.2, -0.15) is 0 Å². The maximum atomic E-state index is 8.85. The minimum absolute atomic E-state index is 0.0683. The summed E-state index contributed by atoms with van der Waals surface area (Å²) in [7, 11) is 0. The molecule has 0 spiro atoms. The van der Waals surface area contributed by atoms with Crippen molar-refractivity contribution in [2.75, 3.05) is 31.7 Å². The Balaban J connectivity index is 2.60. The van der Waals surface area contributed by atoms with Crippen LogP contribution in [0.2, 0.25) is 0 Å². The molecular formula is C11H18N2O2. The summed E-state index contributed by atoms with van der Waals surface area (Å²) < 4.78 is 0. The summed E-state index contributed by atoms with van der Waals surface area (Å²) in [5.41, 5.74) is 5.30. The fraction of sp³-hybridized carbons (Fsp3) is 0.455. The summed E-state index contributed by atoms with van der Waals surface area (Å²) in [5, 5.41) is 19.5. The molecule has 0 aliphatic carbocycles. The summed E-state index contributed by atoms with van der Waals surface area (Å²) in [4.78, 5) is 0. The Labute approximate surface area is 90.1 Å². The van der Waals surface area contributed by atoms with E-state index in [0.29, 0.717) is 13.1 Å². The number of hydrogen-bond donors (Lipinski definition) is 3. The zero-order valence-electron chi connectivity index (χ0n) is 8.98. The molecule has 0 heterocycles. The number of aryl methyl sites for hydroxylation is 1. The Bertz CT molecular complexity index is 286. The fourth-order valence-corrected chi connectivity index (χ4v) is 1.33. The summed E-state index contributed by atoms with van der Waals surface area (Å²) in [6.45, 7) is 3.14. The number of para-hydroxylation sites is 1. The van der Waals surface area contributed by atoms with Crippen molar-refractivity contribution in [2.24, 2.45) is 0 Å². The number of anilines is 1. The zero-order valence-corrected chi connectivity index (χ0v) is 8.98. The molecule has 1 aromatic rings. The molecule has 0 aromatic heterocycles. The number of nitrogens with zero attached hydrogens (tertiary/aromatic N) is 1. The zero-order chi connectivity index (χ0) is 11.1. The first kappa shape index (κ1) is 12.0. The lowest BCUT2D eigenvalue weighted by Crippen LogP contribution is -2.35. The van der Waals surface area contributed by atoms with Crippen LogP contribution in [0.3, 0.4) is 0 Å². The van der Waals surface area contributed by atoms with Gasteiger partial charge >= 0.3 is 0 Å². The van der Waals surface area contributed by atoms with Gasteiger partial charge in [0.2, 0.25) is 0 Å². The molecule has 84 valence electrons. The van der Waals surface area contributed by atoms with Crippen molar-refractivity contribution in [1.82, 2.24) is 5.01 Å². The van der Waals surface area contributed by atoms with Gasteiger partial charge in [0.25, 0.3) is 0 Å². The second-order valence-corrected chi connectivity index (χ2v) is 3.36. The monoisotopic (exact) mass is 210 g/mol. The lowest BCUT2D eigenvalue weighted by Gasteiger charge is -2.23. The summed E-state index contributed by atoms with van der Waals surface area (Å²) in [6.07, 6.45) is 0. The van der Waals surface area contributed by atoms with Gasteiger partial charge in [0, 0.05) is 13.1 Å².